The lowest BCUT2D eigenvalue weighted by Gasteiger charge is -2.38. The number of nitrogens with zero attached hydrogens (tertiary/aromatic N) is 1. The number of halogens is 2. The standard InChI is InChI=1S/C13H19BrN2OS.ClH/c1-8-3-4-16(10(5-8)7-15)13(17)11-6-9(2)18-12(11)14;/h6,8,10H,3-5,7,15H2,1-2H3;1H. The number of piperidine rings is 1. The van der Waals surface area contributed by atoms with Gasteiger partial charge in [0.2, 0.25) is 0 Å². The lowest BCUT2D eigenvalue weighted by molar-refractivity contribution is 0.0573. The summed E-state index contributed by atoms with van der Waals surface area (Å²) in [5.41, 5.74) is 6.59. The summed E-state index contributed by atoms with van der Waals surface area (Å²) >= 11 is 5.09. The Balaban J connectivity index is 0.00000180. The monoisotopic (exact) mass is 366 g/mol. The summed E-state index contributed by atoms with van der Waals surface area (Å²) in [6.07, 6.45) is 2.09. The van der Waals surface area contributed by atoms with Gasteiger partial charge in [0.05, 0.1) is 9.35 Å². The molecule has 0 bridgehead atoms. The van der Waals surface area contributed by atoms with Crippen molar-refractivity contribution < 1.29 is 4.79 Å². The molecule has 1 aromatic heterocycles. The van der Waals surface area contributed by atoms with E-state index >= 15 is 0 Å². The molecule has 2 atom stereocenters. The molecule has 1 aromatic rings. The molecule has 0 spiro atoms. The van der Waals surface area contributed by atoms with E-state index in [-0.39, 0.29) is 24.4 Å². The summed E-state index contributed by atoms with van der Waals surface area (Å²) in [5, 5.41) is 0. The minimum Gasteiger partial charge on any atom is -0.334 e. The molecule has 2 N–H and O–H groups in total. The number of likely N-dealkylation sites (tertiary alicyclic amines) is 1. The second-order valence-electron chi connectivity index (χ2n) is 5.06. The lowest BCUT2D eigenvalue weighted by atomic mass is 9.92. The van der Waals surface area contributed by atoms with Gasteiger partial charge in [-0.3, -0.25) is 4.79 Å². The average Bonchev–Trinajstić information content (AvgIpc) is 2.67. The van der Waals surface area contributed by atoms with Crippen LogP contribution in [0, 0.1) is 12.8 Å². The van der Waals surface area contributed by atoms with Gasteiger partial charge < -0.3 is 10.6 Å². The quantitative estimate of drug-likeness (QED) is 0.870. The van der Waals surface area contributed by atoms with Crippen molar-refractivity contribution in [2.45, 2.75) is 32.7 Å². The highest BCUT2D eigenvalue weighted by Crippen LogP contribution is 2.31. The fraction of sp³-hybridized carbons (Fsp3) is 0.615. The summed E-state index contributed by atoms with van der Waals surface area (Å²) in [7, 11) is 0. The number of carbonyl (C=O) groups excluding carboxylic acids is 1. The Labute approximate surface area is 133 Å². The maximum absolute atomic E-state index is 12.6. The maximum Gasteiger partial charge on any atom is 0.256 e. The van der Waals surface area contributed by atoms with Crippen LogP contribution in [0.3, 0.4) is 0 Å². The topological polar surface area (TPSA) is 46.3 Å². The fourth-order valence-corrected chi connectivity index (χ4v) is 4.29. The Morgan fingerprint density at radius 1 is 1.63 bits per heavy atom. The van der Waals surface area contributed by atoms with Gasteiger partial charge in [0.1, 0.15) is 0 Å². The molecule has 19 heavy (non-hydrogen) atoms. The molecule has 2 rings (SSSR count). The summed E-state index contributed by atoms with van der Waals surface area (Å²) < 4.78 is 0.930. The van der Waals surface area contributed by atoms with Crippen LogP contribution in [0.5, 0.6) is 0 Å². The highest BCUT2D eigenvalue weighted by atomic mass is 79.9. The number of carbonyl (C=O) groups is 1. The smallest absolute Gasteiger partial charge is 0.256 e. The minimum absolute atomic E-state index is 0. The molecule has 1 aliphatic rings. The highest BCUT2D eigenvalue weighted by molar-refractivity contribution is 9.11. The van der Waals surface area contributed by atoms with Crippen LogP contribution in [-0.2, 0) is 0 Å². The third kappa shape index (κ3) is 3.72. The first kappa shape index (κ1) is 17.0. The molecule has 3 nitrogen and oxygen atoms in total. The summed E-state index contributed by atoms with van der Waals surface area (Å²) in [6, 6.07) is 2.15. The molecule has 2 unspecified atom stereocenters. The van der Waals surface area contributed by atoms with Gasteiger partial charge in [0.15, 0.2) is 0 Å². The van der Waals surface area contributed by atoms with Crippen LogP contribution in [0.25, 0.3) is 0 Å². The van der Waals surface area contributed by atoms with Crippen LogP contribution in [-0.4, -0.2) is 29.9 Å². The van der Waals surface area contributed by atoms with Crippen molar-refractivity contribution in [2.75, 3.05) is 13.1 Å². The number of amides is 1. The average molecular weight is 368 g/mol. The number of nitrogens with two attached hydrogens (primary N) is 1. The van der Waals surface area contributed by atoms with Gasteiger partial charge >= 0.3 is 0 Å². The SMILES string of the molecule is Cc1cc(C(=O)N2CCC(C)CC2CN)c(Br)s1.Cl. The molecule has 1 fully saturated rings. The van der Waals surface area contributed by atoms with Crippen molar-refractivity contribution in [1.29, 1.82) is 0 Å². The molecule has 0 saturated carbocycles. The van der Waals surface area contributed by atoms with E-state index < -0.39 is 0 Å². The molecule has 1 amide bonds. The predicted molar refractivity (Wildman–Crippen MR) is 86.3 cm³/mol. The van der Waals surface area contributed by atoms with Crippen molar-refractivity contribution in [3.63, 3.8) is 0 Å². The van der Waals surface area contributed by atoms with Crippen molar-refractivity contribution >= 4 is 45.6 Å². The molecule has 0 aromatic carbocycles. The number of hydrogen-bond acceptors (Lipinski definition) is 3. The summed E-state index contributed by atoms with van der Waals surface area (Å²) in [4.78, 5) is 15.7. The highest BCUT2D eigenvalue weighted by Gasteiger charge is 2.30. The Bertz CT molecular complexity index is 452. The van der Waals surface area contributed by atoms with Gasteiger partial charge in [-0.05, 0) is 47.7 Å². The Morgan fingerprint density at radius 2 is 2.32 bits per heavy atom. The van der Waals surface area contributed by atoms with Crippen LogP contribution in [0.15, 0.2) is 9.85 Å². The molecule has 1 aliphatic heterocycles. The molecule has 2 heterocycles. The van der Waals surface area contributed by atoms with E-state index in [4.69, 9.17) is 5.73 Å². The molecule has 1 saturated heterocycles. The van der Waals surface area contributed by atoms with E-state index in [1.54, 1.807) is 11.3 Å². The number of thiophene rings is 1. The van der Waals surface area contributed by atoms with Gasteiger partial charge in [0, 0.05) is 24.0 Å². The number of hydrogen-bond donors (Lipinski definition) is 1. The Morgan fingerprint density at radius 3 is 2.84 bits per heavy atom. The van der Waals surface area contributed by atoms with Gasteiger partial charge in [0.25, 0.3) is 5.91 Å². The van der Waals surface area contributed by atoms with Crippen LogP contribution in [0.4, 0.5) is 0 Å². The lowest BCUT2D eigenvalue weighted by Crippen LogP contribution is -2.49. The first-order valence-corrected chi connectivity index (χ1v) is 7.90. The van der Waals surface area contributed by atoms with Gasteiger partial charge in [-0.2, -0.15) is 0 Å². The number of rotatable bonds is 2. The second kappa shape index (κ2) is 7.07. The molecule has 108 valence electrons. The van der Waals surface area contributed by atoms with Crippen molar-refractivity contribution in [3.8, 4) is 0 Å². The molecular formula is C13H20BrClN2OS. The predicted octanol–water partition coefficient (Wildman–Crippen LogP) is 3.44. The van der Waals surface area contributed by atoms with Gasteiger partial charge in [-0.25, -0.2) is 0 Å². The normalized spacial score (nSPS) is 23.1. The zero-order chi connectivity index (χ0) is 13.3. The second-order valence-corrected chi connectivity index (χ2v) is 7.64. The van der Waals surface area contributed by atoms with Crippen LogP contribution in [0.2, 0.25) is 0 Å². The largest absolute Gasteiger partial charge is 0.334 e. The summed E-state index contributed by atoms with van der Waals surface area (Å²) in [5.74, 6) is 0.781. The zero-order valence-corrected chi connectivity index (χ0v) is 14.4. The van der Waals surface area contributed by atoms with Crippen molar-refractivity contribution in [1.82, 2.24) is 4.90 Å². The molecule has 6 heteroatoms. The minimum atomic E-state index is 0. The van der Waals surface area contributed by atoms with Crippen LogP contribution >= 0.6 is 39.7 Å². The molecular weight excluding hydrogens is 348 g/mol. The Kier molecular flexibility index (Phi) is 6.30. The van der Waals surface area contributed by atoms with E-state index in [0.717, 1.165) is 33.6 Å². The molecule has 0 aliphatic carbocycles. The van der Waals surface area contributed by atoms with Gasteiger partial charge in [-0.1, -0.05) is 6.92 Å². The van der Waals surface area contributed by atoms with E-state index in [1.807, 2.05) is 17.9 Å². The van der Waals surface area contributed by atoms with E-state index in [0.29, 0.717) is 12.5 Å². The zero-order valence-electron chi connectivity index (χ0n) is 11.2. The van der Waals surface area contributed by atoms with Gasteiger partial charge in [-0.15, -0.1) is 23.7 Å². The van der Waals surface area contributed by atoms with E-state index in [2.05, 4.69) is 22.9 Å². The maximum atomic E-state index is 12.6. The first-order valence-electron chi connectivity index (χ1n) is 6.30. The number of aryl methyl sites for hydroxylation is 1. The fourth-order valence-electron chi connectivity index (χ4n) is 2.53. The third-order valence-corrected chi connectivity index (χ3v) is 5.30. The molecule has 0 radical (unpaired) electrons. The van der Waals surface area contributed by atoms with E-state index in [9.17, 15) is 4.79 Å². The van der Waals surface area contributed by atoms with Crippen LogP contribution < -0.4 is 5.73 Å². The Hall–Kier alpha value is -0.1000. The van der Waals surface area contributed by atoms with Crippen LogP contribution in [0.1, 0.15) is 35.0 Å². The third-order valence-electron chi connectivity index (χ3n) is 3.55. The van der Waals surface area contributed by atoms with Crippen molar-refractivity contribution in [3.05, 3.63) is 20.3 Å². The van der Waals surface area contributed by atoms with Crippen molar-refractivity contribution in [2.24, 2.45) is 11.7 Å². The first-order chi connectivity index (χ1) is 8.52. The van der Waals surface area contributed by atoms with E-state index in [1.165, 1.54) is 0 Å². The summed E-state index contributed by atoms with van der Waals surface area (Å²) in [6.45, 7) is 5.63.